The first-order chi connectivity index (χ1) is 17.1. The number of fused-ring (bicyclic) bond motifs is 3. The summed E-state index contributed by atoms with van der Waals surface area (Å²) in [5.74, 6) is -2.39. The van der Waals surface area contributed by atoms with Crippen molar-refractivity contribution in [3.63, 3.8) is 0 Å². The van der Waals surface area contributed by atoms with E-state index in [4.69, 9.17) is 25.8 Å². The van der Waals surface area contributed by atoms with Crippen LogP contribution in [0.1, 0.15) is 65.4 Å². The summed E-state index contributed by atoms with van der Waals surface area (Å²) in [5.41, 5.74) is -2.36. The van der Waals surface area contributed by atoms with E-state index in [1.165, 1.54) is 10.9 Å². The van der Waals surface area contributed by atoms with E-state index in [1.54, 1.807) is 27.8 Å². The zero-order valence-electron chi connectivity index (χ0n) is 22.8. The Labute approximate surface area is 223 Å². The molecule has 0 amide bonds. The number of carbonyl (C=O) groups is 2. The third kappa shape index (κ3) is 3.55. The third-order valence-corrected chi connectivity index (χ3v) is 9.76. The van der Waals surface area contributed by atoms with Crippen molar-refractivity contribution in [1.82, 2.24) is 9.78 Å². The first-order valence-corrected chi connectivity index (χ1v) is 13.3. The van der Waals surface area contributed by atoms with Crippen molar-refractivity contribution in [3.8, 4) is 0 Å². The van der Waals surface area contributed by atoms with Gasteiger partial charge in [0.25, 0.3) is 0 Å². The molecule has 1 saturated carbocycles. The predicted molar refractivity (Wildman–Crippen MR) is 137 cm³/mol. The number of allylic oxidation sites excluding steroid dienone is 1. The van der Waals surface area contributed by atoms with Crippen LogP contribution >= 0.6 is 11.6 Å². The number of hydrogen-bond acceptors (Lipinski definition) is 7. The fourth-order valence-corrected chi connectivity index (χ4v) is 7.38. The Morgan fingerprint density at radius 3 is 2.54 bits per heavy atom. The summed E-state index contributed by atoms with van der Waals surface area (Å²) in [6.45, 7) is 14.0. The van der Waals surface area contributed by atoms with Gasteiger partial charge in [-0.05, 0) is 55.6 Å². The van der Waals surface area contributed by atoms with Crippen molar-refractivity contribution in [2.24, 2.45) is 35.6 Å². The van der Waals surface area contributed by atoms with Crippen LogP contribution in [0.15, 0.2) is 29.5 Å². The Morgan fingerprint density at radius 1 is 1.24 bits per heavy atom. The highest BCUT2D eigenvalue weighted by Gasteiger charge is 2.74. The zero-order valence-corrected chi connectivity index (χ0v) is 23.5. The summed E-state index contributed by atoms with van der Waals surface area (Å²) in [7, 11) is 1.65. The molecule has 1 spiro atoms. The van der Waals surface area contributed by atoms with Crippen molar-refractivity contribution >= 4 is 23.4 Å². The summed E-state index contributed by atoms with van der Waals surface area (Å²) < 4.78 is 19.9. The van der Waals surface area contributed by atoms with Crippen molar-refractivity contribution in [2.45, 2.75) is 78.5 Å². The second-order valence-electron chi connectivity index (χ2n) is 12.5. The number of aliphatic hydroxyl groups is 1. The monoisotopic (exact) mass is 532 g/mol. The van der Waals surface area contributed by atoms with Gasteiger partial charge < -0.3 is 19.3 Å². The lowest BCUT2D eigenvalue weighted by atomic mass is 9.59. The van der Waals surface area contributed by atoms with Crippen LogP contribution in [0.4, 0.5) is 0 Å². The van der Waals surface area contributed by atoms with E-state index >= 15 is 0 Å². The molecular weight excluding hydrogens is 496 g/mol. The van der Waals surface area contributed by atoms with Gasteiger partial charge in [0, 0.05) is 19.2 Å². The molecule has 0 radical (unpaired) electrons. The molecule has 1 saturated heterocycles. The number of rotatable bonds is 2. The van der Waals surface area contributed by atoms with E-state index in [-0.39, 0.29) is 40.4 Å². The van der Waals surface area contributed by atoms with Crippen molar-refractivity contribution in [3.05, 3.63) is 40.2 Å². The van der Waals surface area contributed by atoms with E-state index in [0.29, 0.717) is 17.6 Å². The second kappa shape index (κ2) is 8.25. The highest BCUT2D eigenvalue weighted by molar-refractivity contribution is 6.33. The molecular formula is C28H37ClN2O6. The lowest BCUT2D eigenvalue weighted by molar-refractivity contribution is -0.302. The average molecular weight is 533 g/mol. The third-order valence-electron chi connectivity index (χ3n) is 9.49. The number of carbonyl (C=O) groups excluding carboxylic acids is 2. The van der Waals surface area contributed by atoms with Crippen LogP contribution in [0.25, 0.3) is 0 Å². The molecule has 1 aromatic heterocycles. The lowest BCUT2D eigenvalue weighted by Crippen LogP contribution is -2.68. The predicted octanol–water partition coefficient (Wildman–Crippen LogP) is 4.26. The van der Waals surface area contributed by atoms with Gasteiger partial charge in [0.2, 0.25) is 0 Å². The topological polar surface area (TPSA) is 99.9 Å². The Hall–Kier alpha value is -2.00. The van der Waals surface area contributed by atoms with E-state index in [2.05, 4.69) is 25.9 Å². The summed E-state index contributed by atoms with van der Waals surface area (Å²) in [4.78, 5) is 28.1. The molecule has 0 aromatic carbocycles. The minimum absolute atomic E-state index is 0.0491. The second-order valence-corrected chi connectivity index (χ2v) is 12.9. The van der Waals surface area contributed by atoms with Crippen LogP contribution in [0.2, 0.25) is 5.02 Å². The van der Waals surface area contributed by atoms with Gasteiger partial charge in [-0.3, -0.25) is 9.48 Å². The average Bonchev–Trinajstić information content (AvgIpc) is 3.21. The van der Waals surface area contributed by atoms with Gasteiger partial charge in [-0.2, -0.15) is 5.10 Å². The Kier molecular flexibility index (Phi) is 5.93. The van der Waals surface area contributed by atoms with Crippen molar-refractivity contribution in [2.75, 3.05) is 6.61 Å². The largest absolute Gasteiger partial charge is 0.450 e. The fraction of sp³-hybridized carbons (Fsp3) is 0.679. The minimum Gasteiger partial charge on any atom is -0.450 e. The number of hydrogen-bond donors (Lipinski definition) is 1. The molecule has 2 unspecified atom stereocenters. The maximum Gasteiger partial charge on any atom is 0.361 e. The van der Waals surface area contributed by atoms with Gasteiger partial charge in [0.15, 0.2) is 29.0 Å². The number of aromatic nitrogens is 2. The highest BCUT2D eigenvalue weighted by Crippen LogP contribution is 2.63. The number of halogens is 1. The van der Waals surface area contributed by atoms with Crippen LogP contribution in [0, 0.1) is 28.6 Å². The number of nitrogens with zero attached hydrogens (tertiary/aromatic N) is 2. The molecule has 9 heteroatoms. The lowest BCUT2D eigenvalue weighted by Gasteiger charge is -2.52. The zero-order chi connectivity index (χ0) is 27.3. The van der Waals surface area contributed by atoms with Crippen LogP contribution in [0.5, 0.6) is 0 Å². The first kappa shape index (κ1) is 26.6. The van der Waals surface area contributed by atoms with Gasteiger partial charge in [-0.15, -0.1) is 0 Å². The quantitative estimate of drug-likeness (QED) is 0.449. The number of Topliss-reactive ketones (excluding diaryl/α,β-unsaturated/α-hetero) is 1. The van der Waals surface area contributed by atoms with Gasteiger partial charge in [0.1, 0.15) is 6.10 Å². The molecule has 1 aromatic rings. The molecule has 2 bridgehead atoms. The summed E-state index contributed by atoms with van der Waals surface area (Å²) in [5, 5.41) is 17.3. The van der Waals surface area contributed by atoms with E-state index < -0.39 is 40.9 Å². The Balaban J connectivity index is 1.72. The number of ether oxygens (including phenoxy) is 3. The molecule has 202 valence electrons. The standard InChI is InChI=1S/C28H37ClN2O6/c1-14-11-27-16(3)9-15(2)25(4,5)18(21(27)32)10-17-13-35-26(6,7)37-23(17)28(27,34)22(14)36-24(33)20-19(29)12-31(8)30-20/h10-12,15-16,18,22-23,34H,9,13H2,1-8H3/t15-,16?,18+,22-,23+,27?,28+/m0/s1. The number of esters is 1. The van der Waals surface area contributed by atoms with Crippen LogP contribution < -0.4 is 0 Å². The number of ketones is 1. The molecule has 37 heavy (non-hydrogen) atoms. The summed E-state index contributed by atoms with van der Waals surface area (Å²) >= 11 is 6.24. The highest BCUT2D eigenvalue weighted by atomic mass is 35.5. The van der Waals surface area contributed by atoms with E-state index in [1.807, 2.05) is 19.1 Å². The van der Waals surface area contributed by atoms with E-state index in [0.717, 1.165) is 0 Å². The SMILES string of the molecule is CC1=CC23C(=O)[C@@H](C=C4COC(C)(C)O[C@H]4[C@]2(O)[C@H]1OC(=O)c1nn(C)cc1Cl)C(C)(C)[C@@H](C)CC3C. The normalized spacial score (nSPS) is 40.1. The van der Waals surface area contributed by atoms with Crippen molar-refractivity contribution in [1.29, 1.82) is 0 Å². The molecule has 8 nitrogen and oxygen atoms in total. The van der Waals surface area contributed by atoms with Crippen LogP contribution in [-0.2, 0) is 26.1 Å². The Bertz CT molecular complexity index is 1230. The summed E-state index contributed by atoms with van der Waals surface area (Å²) in [6.07, 6.45) is 3.94. The van der Waals surface area contributed by atoms with Gasteiger partial charge in [0.05, 0.1) is 17.0 Å². The molecule has 2 fully saturated rings. The Morgan fingerprint density at radius 2 is 1.92 bits per heavy atom. The molecule has 5 rings (SSSR count). The van der Waals surface area contributed by atoms with Gasteiger partial charge in [-0.1, -0.05) is 51.4 Å². The van der Waals surface area contributed by atoms with Crippen molar-refractivity contribution < 1.29 is 28.9 Å². The molecule has 2 heterocycles. The van der Waals surface area contributed by atoms with Crippen LogP contribution in [-0.4, -0.2) is 56.8 Å². The maximum atomic E-state index is 14.7. The smallest absolute Gasteiger partial charge is 0.361 e. The van der Waals surface area contributed by atoms with E-state index in [9.17, 15) is 14.7 Å². The molecule has 1 aliphatic heterocycles. The summed E-state index contributed by atoms with van der Waals surface area (Å²) in [6, 6.07) is 0. The molecule has 7 atom stereocenters. The molecule has 4 aliphatic rings. The van der Waals surface area contributed by atoms with Crippen LogP contribution in [0.3, 0.4) is 0 Å². The van der Waals surface area contributed by atoms with Gasteiger partial charge in [-0.25, -0.2) is 4.79 Å². The fourth-order valence-electron chi connectivity index (χ4n) is 7.12. The maximum absolute atomic E-state index is 14.7. The first-order valence-electron chi connectivity index (χ1n) is 12.9. The van der Waals surface area contributed by atoms with Gasteiger partial charge >= 0.3 is 5.97 Å². The molecule has 1 N–H and O–H groups in total. The minimum atomic E-state index is -1.90. The number of aryl methyl sites for hydroxylation is 1. The molecule has 3 aliphatic carbocycles.